The van der Waals surface area contributed by atoms with Crippen LogP contribution in [0.2, 0.25) is 0 Å². The normalized spacial score (nSPS) is 14.8. The van der Waals surface area contributed by atoms with Gasteiger partial charge in [0.25, 0.3) is 0 Å². The van der Waals surface area contributed by atoms with Crippen LogP contribution in [-0.4, -0.2) is 79.4 Å². The molecule has 4 rings (SSSR count). The summed E-state index contributed by atoms with van der Waals surface area (Å²) in [5.41, 5.74) is 4.89. The highest BCUT2D eigenvalue weighted by molar-refractivity contribution is 6.11. The van der Waals surface area contributed by atoms with Crippen LogP contribution < -0.4 is 20.3 Å². The van der Waals surface area contributed by atoms with Gasteiger partial charge in [0.1, 0.15) is 11.6 Å². The molecular weight excluding hydrogens is 528 g/mol. The first-order chi connectivity index (χ1) is 20.3. The SMILES string of the molecule is C=CC(=O)Nc1cc(N/C(=C/C(=N\C)c2ccc3c(cnn3C)c2)N=C)c(OC)cc1N1CCC(N(CC)CC)CC1. The Kier molecular flexibility index (Phi) is 10.1. The van der Waals surface area contributed by atoms with E-state index >= 15 is 0 Å². The van der Waals surface area contributed by atoms with Gasteiger partial charge >= 0.3 is 0 Å². The summed E-state index contributed by atoms with van der Waals surface area (Å²) in [6, 6.07) is 10.5. The molecule has 1 aromatic heterocycles. The van der Waals surface area contributed by atoms with Gasteiger partial charge in [0, 0.05) is 56.3 Å². The summed E-state index contributed by atoms with van der Waals surface area (Å²) in [7, 11) is 5.28. The zero-order valence-electron chi connectivity index (χ0n) is 25.4. The number of aryl methyl sites for hydroxylation is 1. The van der Waals surface area contributed by atoms with Crippen molar-refractivity contribution in [2.24, 2.45) is 17.0 Å². The van der Waals surface area contributed by atoms with E-state index in [9.17, 15) is 4.79 Å². The average molecular weight is 571 g/mol. The molecule has 1 fully saturated rings. The first kappa shape index (κ1) is 30.5. The number of anilines is 3. The Balaban J connectivity index is 1.64. The number of nitrogens with zero attached hydrogens (tertiary/aromatic N) is 6. The number of ether oxygens (including phenoxy) is 1. The summed E-state index contributed by atoms with van der Waals surface area (Å²) >= 11 is 0. The number of hydrogen-bond donors (Lipinski definition) is 2. The van der Waals surface area contributed by atoms with Crippen molar-refractivity contribution in [3.8, 4) is 5.75 Å². The molecule has 42 heavy (non-hydrogen) atoms. The molecule has 2 aromatic carbocycles. The van der Waals surface area contributed by atoms with Crippen molar-refractivity contribution in [3.05, 3.63) is 66.6 Å². The lowest BCUT2D eigenvalue weighted by Crippen LogP contribution is -2.45. The number of aliphatic imine (C=N–C) groups is 2. The number of nitrogens with one attached hydrogen (secondary N) is 2. The van der Waals surface area contributed by atoms with Crippen LogP contribution in [0.4, 0.5) is 17.1 Å². The fourth-order valence-corrected chi connectivity index (χ4v) is 5.58. The molecule has 10 heteroatoms. The predicted octanol–water partition coefficient (Wildman–Crippen LogP) is 5.09. The van der Waals surface area contributed by atoms with E-state index in [4.69, 9.17) is 4.74 Å². The van der Waals surface area contributed by atoms with Crippen LogP contribution in [0, 0.1) is 0 Å². The third-order valence-corrected chi connectivity index (χ3v) is 7.88. The van der Waals surface area contributed by atoms with Crippen molar-refractivity contribution in [1.29, 1.82) is 0 Å². The molecule has 0 aliphatic carbocycles. The Hall–Kier alpha value is -4.44. The van der Waals surface area contributed by atoms with Gasteiger partial charge in [-0.25, -0.2) is 4.99 Å². The standard InChI is InChI=1S/C32H42N8O2/c1-8-32(41)37-26-18-27(30(42-7)20-29(26)40-15-13-24(14-16-40)39(9-2)10-3)36-31(34-5)19-25(33-4)22-11-12-28-23(17-22)21-35-38(28)6/h8,11-12,17-21,24,36H,1,5,9-10,13-16H2,2-4,6-7H3,(H,37,41)/b31-19+,33-25+. The second kappa shape index (κ2) is 14.0. The van der Waals surface area contributed by atoms with E-state index in [0.717, 1.165) is 66.9 Å². The molecule has 222 valence electrons. The Morgan fingerprint density at radius 3 is 2.52 bits per heavy atom. The number of fused-ring (bicyclic) bond motifs is 1. The molecule has 0 radical (unpaired) electrons. The van der Waals surface area contributed by atoms with Gasteiger partial charge in [-0.1, -0.05) is 26.5 Å². The molecule has 10 nitrogen and oxygen atoms in total. The number of methoxy groups -OCH3 is 1. The molecule has 3 aromatic rings. The van der Waals surface area contributed by atoms with E-state index < -0.39 is 0 Å². The van der Waals surface area contributed by atoms with Crippen LogP contribution in [0.5, 0.6) is 5.75 Å². The lowest BCUT2D eigenvalue weighted by Gasteiger charge is -2.39. The van der Waals surface area contributed by atoms with Crippen molar-refractivity contribution in [1.82, 2.24) is 14.7 Å². The third kappa shape index (κ3) is 6.71. The van der Waals surface area contributed by atoms with Crippen molar-refractivity contribution < 1.29 is 9.53 Å². The fourth-order valence-electron chi connectivity index (χ4n) is 5.58. The lowest BCUT2D eigenvalue weighted by atomic mass is 10.0. The molecule has 1 aliphatic rings. The summed E-state index contributed by atoms with van der Waals surface area (Å²) in [5.74, 6) is 0.817. The zero-order chi connectivity index (χ0) is 30.2. The minimum absolute atomic E-state index is 0.283. The van der Waals surface area contributed by atoms with Gasteiger partial charge in [-0.05, 0) is 56.9 Å². The van der Waals surface area contributed by atoms with Crippen molar-refractivity contribution >= 4 is 46.3 Å². The van der Waals surface area contributed by atoms with Crippen LogP contribution in [-0.2, 0) is 11.8 Å². The summed E-state index contributed by atoms with van der Waals surface area (Å²) in [5, 5.41) is 11.7. The molecule has 2 N–H and O–H groups in total. The smallest absolute Gasteiger partial charge is 0.247 e. The largest absolute Gasteiger partial charge is 0.494 e. The monoisotopic (exact) mass is 570 g/mol. The van der Waals surface area contributed by atoms with Gasteiger partial charge in [0.2, 0.25) is 5.91 Å². The minimum Gasteiger partial charge on any atom is -0.494 e. The molecule has 0 bridgehead atoms. The van der Waals surface area contributed by atoms with Crippen molar-refractivity contribution in [2.45, 2.75) is 32.7 Å². The number of carbonyl (C=O) groups excluding carboxylic acids is 1. The van der Waals surface area contributed by atoms with Gasteiger partial charge < -0.3 is 25.2 Å². The fraction of sp³-hybridized carbons (Fsp3) is 0.375. The second-order valence-electron chi connectivity index (χ2n) is 10.2. The Bertz CT molecular complexity index is 1490. The number of amides is 1. The topological polar surface area (TPSA) is 99.4 Å². The average Bonchev–Trinajstić information content (AvgIpc) is 3.39. The first-order valence-electron chi connectivity index (χ1n) is 14.3. The Morgan fingerprint density at radius 1 is 1.17 bits per heavy atom. The van der Waals surface area contributed by atoms with Gasteiger partial charge in [0.15, 0.2) is 0 Å². The van der Waals surface area contributed by atoms with E-state index in [1.807, 2.05) is 54.3 Å². The second-order valence-corrected chi connectivity index (χ2v) is 10.2. The summed E-state index contributed by atoms with van der Waals surface area (Å²) in [4.78, 5) is 26.0. The number of piperidine rings is 1. The number of aromatic nitrogens is 2. The quantitative estimate of drug-likeness (QED) is 0.233. The van der Waals surface area contributed by atoms with E-state index in [2.05, 4.69) is 62.7 Å². The van der Waals surface area contributed by atoms with Crippen LogP contribution in [0.25, 0.3) is 10.9 Å². The molecule has 2 heterocycles. The van der Waals surface area contributed by atoms with Crippen molar-refractivity contribution in [3.63, 3.8) is 0 Å². The van der Waals surface area contributed by atoms with Gasteiger partial charge in [-0.3, -0.25) is 14.5 Å². The highest BCUT2D eigenvalue weighted by atomic mass is 16.5. The van der Waals surface area contributed by atoms with Gasteiger partial charge in [-0.15, -0.1) is 0 Å². The first-order valence-corrected chi connectivity index (χ1v) is 14.3. The highest BCUT2D eigenvalue weighted by Crippen LogP contribution is 2.39. The van der Waals surface area contributed by atoms with Crippen molar-refractivity contribution in [2.75, 3.05) is 55.9 Å². The number of hydrogen-bond acceptors (Lipinski definition) is 8. The molecule has 1 saturated heterocycles. The van der Waals surface area contributed by atoms with Gasteiger partial charge in [0.05, 0.1) is 41.6 Å². The number of rotatable bonds is 12. The predicted molar refractivity (Wildman–Crippen MR) is 174 cm³/mol. The van der Waals surface area contributed by atoms with Crippen LogP contribution in [0.3, 0.4) is 0 Å². The highest BCUT2D eigenvalue weighted by Gasteiger charge is 2.26. The van der Waals surface area contributed by atoms with E-state index in [1.54, 1.807) is 14.2 Å². The maximum atomic E-state index is 12.4. The maximum Gasteiger partial charge on any atom is 0.247 e. The van der Waals surface area contributed by atoms with E-state index in [1.165, 1.54) is 6.08 Å². The summed E-state index contributed by atoms with van der Waals surface area (Å²) < 4.78 is 7.65. The molecule has 1 amide bonds. The summed E-state index contributed by atoms with van der Waals surface area (Å²) in [6.45, 7) is 15.7. The zero-order valence-corrected chi connectivity index (χ0v) is 25.4. The maximum absolute atomic E-state index is 12.4. The third-order valence-electron chi connectivity index (χ3n) is 7.88. The van der Waals surface area contributed by atoms with Crippen LogP contribution >= 0.6 is 0 Å². The number of benzene rings is 2. The number of carbonyl (C=O) groups is 1. The molecule has 0 unspecified atom stereocenters. The molecule has 0 saturated carbocycles. The molecular formula is C32H42N8O2. The van der Waals surface area contributed by atoms with E-state index in [0.29, 0.717) is 29.0 Å². The molecule has 0 spiro atoms. The Morgan fingerprint density at radius 2 is 1.90 bits per heavy atom. The summed E-state index contributed by atoms with van der Waals surface area (Å²) in [6.07, 6.45) is 7.04. The van der Waals surface area contributed by atoms with Crippen LogP contribution in [0.1, 0.15) is 32.3 Å². The van der Waals surface area contributed by atoms with Crippen LogP contribution in [0.15, 0.2) is 71.1 Å². The minimum atomic E-state index is -0.283. The Labute approximate surface area is 248 Å². The van der Waals surface area contributed by atoms with Gasteiger partial charge in [-0.2, -0.15) is 5.10 Å². The number of allylic oxidation sites excluding steroid dienone is 1. The van der Waals surface area contributed by atoms with E-state index in [-0.39, 0.29) is 5.91 Å². The molecule has 0 atom stereocenters. The molecule has 1 aliphatic heterocycles. The lowest BCUT2D eigenvalue weighted by molar-refractivity contribution is -0.111.